The Morgan fingerprint density at radius 1 is 1.00 bits per heavy atom. The van der Waals surface area contributed by atoms with Gasteiger partial charge < -0.3 is 5.11 Å². The van der Waals surface area contributed by atoms with Crippen molar-refractivity contribution in [2.45, 2.75) is 6.10 Å². The number of hydrogen-bond acceptors (Lipinski definition) is 3. The number of benzene rings is 2. The van der Waals surface area contributed by atoms with Gasteiger partial charge in [0.05, 0.1) is 11.9 Å². The van der Waals surface area contributed by atoms with Crippen molar-refractivity contribution in [2.75, 3.05) is 0 Å². The van der Waals surface area contributed by atoms with Gasteiger partial charge in [-0.3, -0.25) is 0 Å². The average molecular weight is 409 g/mol. The van der Waals surface area contributed by atoms with E-state index in [9.17, 15) is 5.11 Å². The van der Waals surface area contributed by atoms with Gasteiger partial charge in [0.15, 0.2) is 0 Å². The number of rotatable bonds is 3. The molecule has 0 saturated carbocycles. The van der Waals surface area contributed by atoms with Crippen molar-refractivity contribution in [3.63, 3.8) is 0 Å². The maximum Gasteiger partial charge on any atom is 0.126 e. The molecule has 0 spiro atoms. The van der Waals surface area contributed by atoms with Crippen LogP contribution in [0.3, 0.4) is 0 Å². The number of aliphatic hydroxyl groups is 1. The Balaban J connectivity index is 1.91. The topological polar surface area (TPSA) is 50.9 Å². The lowest BCUT2D eigenvalue weighted by Gasteiger charge is -2.09. The highest BCUT2D eigenvalue weighted by Gasteiger charge is 2.17. The molecule has 1 aromatic heterocycles. The first-order chi connectivity index (χ1) is 10.1. The van der Waals surface area contributed by atoms with Crippen molar-refractivity contribution in [1.82, 2.24) is 15.0 Å². The largest absolute Gasteiger partial charge is 0.382 e. The Hall–Kier alpha value is -1.50. The molecule has 2 aromatic carbocycles. The summed E-state index contributed by atoms with van der Waals surface area (Å²) >= 11 is 6.83. The third-order valence-corrected chi connectivity index (χ3v) is 4.33. The zero-order valence-corrected chi connectivity index (χ0v) is 14.0. The lowest BCUT2D eigenvalue weighted by Crippen LogP contribution is -2.01. The predicted octanol–water partition coefficient (Wildman–Crippen LogP) is 3.87. The van der Waals surface area contributed by atoms with Crippen molar-refractivity contribution in [2.24, 2.45) is 0 Å². The Kier molecular flexibility index (Phi) is 4.19. The van der Waals surface area contributed by atoms with E-state index in [1.165, 1.54) is 0 Å². The third-order valence-electron chi connectivity index (χ3n) is 3.08. The third kappa shape index (κ3) is 3.07. The molecule has 0 aliphatic rings. The summed E-state index contributed by atoms with van der Waals surface area (Å²) in [6, 6.07) is 15.2. The summed E-state index contributed by atoms with van der Waals surface area (Å²) in [6.45, 7) is 0. The van der Waals surface area contributed by atoms with Crippen LogP contribution in [0.4, 0.5) is 0 Å². The molecule has 1 atom stereocenters. The number of aromatic nitrogens is 3. The van der Waals surface area contributed by atoms with Gasteiger partial charge in [0.1, 0.15) is 11.8 Å². The molecule has 3 rings (SSSR count). The SMILES string of the molecule is OC(c1cn(-c2ccc(Br)cc2)nn1)c1ccccc1Br. The molecule has 0 fully saturated rings. The van der Waals surface area contributed by atoms with Crippen molar-refractivity contribution in [3.8, 4) is 5.69 Å². The van der Waals surface area contributed by atoms with E-state index in [4.69, 9.17) is 0 Å². The van der Waals surface area contributed by atoms with Gasteiger partial charge in [0.25, 0.3) is 0 Å². The number of halogens is 2. The normalized spacial score (nSPS) is 12.3. The summed E-state index contributed by atoms with van der Waals surface area (Å²) in [5.74, 6) is 0. The first-order valence-electron chi connectivity index (χ1n) is 6.26. The molecule has 0 aliphatic carbocycles. The van der Waals surface area contributed by atoms with Gasteiger partial charge in [-0.05, 0) is 30.3 Å². The van der Waals surface area contributed by atoms with Gasteiger partial charge >= 0.3 is 0 Å². The van der Waals surface area contributed by atoms with Crippen molar-refractivity contribution >= 4 is 31.9 Å². The summed E-state index contributed by atoms with van der Waals surface area (Å²) in [4.78, 5) is 0. The molecule has 6 heteroatoms. The second kappa shape index (κ2) is 6.09. The lowest BCUT2D eigenvalue weighted by atomic mass is 10.1. The highest BCUT2D eigenvalue weighted by atomic mass is 79.9. The molecule has 106 valence electrons. The van der Waals surface area contributed by atoms with E-state index in [0.717, 1.165) is 20.2 Å². The first-order valence-corrected chi connectivity index (χ1v) is 7.84. The molecule has 0 radical (unpaired) electrons. The van der Waals surface area contributed by atoms with Crippen LogP contribution in [0.2, 0.25) is 0 Å². The van der Waals surface area contributed by atoms with Gasteiger partial charge in [-0.15, -0.1) is 5.10 Å². The van der Waals surface area contributed by atoms with Crippen molar-refractivity contribution in [3.05, 3.63) is 74.9 Å². The van der Waals surface area contributed by atoms with E-state index in [-0.39, 0.29) is 0 Å². The van der Waals surface area contributed by atoms with Crippen LogP contribution in [0.1, 0.15) is 17.4 Å². The summed E-state index contributed by atoms with van der Waals surface area (Å²) in [6.07, 6.45) is 0.914. The van der Waals surface area contributed by atoms with E-state index in [0.29, 0.717) is 5.69 Å². The molecule has 0 aliphatic heterocycles. The second-order valence-corrected chi connectivity index (χ2v) is 6.26. The van der Waals surface area contributed by atoms with Crippen LogP contribution in [0.5, 0.6) is 0 Å². The van der Waals surface area contributed by atoms with E-state index in [2.05, 4.69) is 42.2 Å². The van der Waals surface area contributed by atoms with E-state index < -0.39 is 6.10 Å². The Labute approximate surface area is 138 Å². The average Bonchev–Trinajstić information content (AvgIpc) is 2.98. The second-order valence-electron chi connectivity index (χ2n) is 4.49. The van der Waals surface area contributed by atoms with Crippen LogP contribution in [-0.4, -0.2) is 20.1 Å². The molecule has 1 heterocycles. The monoisotopic (exact) mass is 407 g/mol. The number of hydrogen-bond donors (Lipinski definition) is 1. The molecule has 0 bridgehead atoms. The van der Waals surface area contributed by atoms with E-state index >= 15 is 0 Å². The van der Waals surface area contributed by atoms with Gasteiger partial charge in [0.2, 0.25) is 0 Å². The van der Waals surface area contributed by atoms with Crippen LogP contribution >= 0.6 is 31.9 Å². The zero-order chi connectivity index (χ0) is 14.8. The van der Waals surface area contributed by atoms with Gasteiger partial charge in [-0.1, -0.05) is 55.3 Å². The fourth-order valence-electron chi connectivity index (χ4n) is 1.98. The molecular formula is C15H11Br2N3O. The summed E-state index contributed by atoms with van der Waals surface area (Å²) in [5.41, 5.74) is 2.15. The fraction of sp³-hybridized carbons (Fsp3) is 0.0667. The molecule has 1 unspecified atom stereocenters. The lowest BCUT2D eigenvalue weighted by molar-refractivity contribution is 0.214. The van der Waals surface area contributed by atoms with Crippen LogP contribution in [0.15, 0.2) is 63.7 Å². The van der Waals surface area contributed by atoms with Crippen LogP contribution in [-0.2, 0) is 0 Å². The zero-order valence-electron chi connectivity index (χ0n) is 10.8. The number of aliphatic hydroxyl groups excluding tert-OH is 1. The Morgan fingerprint density at radius 3 is 2.43 bits per heavy atom. The standard InChI is InChI=1S/C15H11Br2N3O/c16-10-5-7-11(8-6-10)20-9-14(18-19-20)15(21)12-3-1-2-4-13(12)17/h1-9,15,21H. The minimum atomic E-state index is -0.815. The summed E-state index contributed by atoms with van der Waals surface area (Å²) in [7, 11) is 0. The quantitative estimate of drug-likeness (QED) is 0.715. The van der Waals surface area contributed by atoms with Gasteiger partial charge in [0, 0.05) is 14.5 Å². The highest BCUT2D eigenvalue weighted by Crippen LogP contribution is 2.27. The first kappa shape index (κ1) is 14.4. The molecule has 3 aromatic rings. The molecule has 1 N–H and O–H groups in total. The fourth-order valence-corrected chi connectivity index (χ4v) is 2.74. The minimum Gasteiger partial charge on any atom is -0.382 e. The molecule has 0 saturated heterocycles. The van der Waals surface area contributed by atoms with Crippen molar-refractivity contribution in [1.29, 1.82) is 0 Å². The predicted molar refractivity (Wildman–Crippen MR) is 87.3 cm³/mol. The van der Waals surface area contributed by atoms with Gasteiger partial charge in [-0.25, -0.2) is 4.68 Å². The van der Waals surface area contributed by atoms with E-state index in [1.54, 1.807) is 10.9 Å². The van der Waals surface area contributed by atoms with Crippen LogP contribution < -0.4 is 0 Å². The highest BCUT2D eigenvalue weighted by molar-refractivity contribution is 9.10. The maximum atomic E-state index is 10.4. The Bertz CT molecular complexity index is 756. The molecular weight excluding hydrogens is 398 g/mol. The molecule has 0 amide bonds. The van der Waals surface area contributed by atoms with Gasteiger partial charge in [-0.2, -0.15) is 0 Å². The summed E-state index contributed by atoms with van der Waals surface area (Å²) < 4.78 is 3.48. The van der Waals surface area contributed by atoms with Crippen LogP contribution in [0, 0.1) is 0 Å². The summed E-state index contributed by atoms with van der Waals surface area (Å²) in [5, 5.41) is 18.6. The molecule has 21 heavy (non-hydrogen) atoms. The minimum absolute atomic E-state index is 0.504. The maximum absolute atomic E-state index is 10.4. The van der Waals surface area contributed by atoms with E-state index in [1.807, 2.05) is 48.5 Å². The molecule has 4 nitrogen and oxygen atoms in total. The van der Waals surface area contributed by atoms with Crippen LogP contribution in [0.25, 0.3) is 5.69 Å². The Morgan fingerprint density at radius 2 is 1.71 bits per heavy atom. The van der Waals surface area contributed by atoms with Crippen molar-refractivity contribution < 1.29 is 5.11 Å². The number of nitrogens with zero attached hydrogens (tertiary/aromatic N) is 3. The smallest absolute Gasteiger partial charge is 0.126 e.